The van der Waals surface area contributed by atoms with Crippen LogP contribution >= 0.6 is 11.8 Å². The molecule has 0 spiro atoms. The van der Waals surface area contributed by atoms with Crippen LogP contribution < -0.4 is 5.73 Å². The molecule has 1 aliphatic heterocycles. The molecule has 0 amide bonds. The first kappa shape index (κ1) is 9.05. The van der Waals surface area contributed by atoms with Gasteiger partial charge in [0.25, 0.3) is 0 Å². The zero-order valence-electron chi connectivity index (χ0n) is 6.61. The largest absolute Gasteiger partial charge is 0.461 e. The van der Waals surface area contributed by atoms with Crippen LogP contribution in [0.4, 0.5) is 0 Å². The molecule has 5 nitrogen and oxygen atoms in total. The quantitative estimate of drug-likeness (QED) is 0.616. The number of nitrogens with zero attached hydrogens (tertiary/aromatic N) is 2. The van der Waals surface area contributed by atoms with Gasteiger partial charge in [-0.1, -0.05) is 11.8 Å². The number of carbonyl (C=O) groups excluding carboxylic acids is 1. The van der Waals surface area contributed by atoms with Crippen molar-refractivity contribution >= 4 is 28.6 Å². The van der Waals surface area contributed by atoms with Gasteiger partial charge in [0.15, 0.2) is 10.9 Å². The van der Waals surface area contributed by atoms with Crippen molar-refractivity contribution in [2.45, 2.75) is 6.92 Å². The van der Waals surface area contributed by atoms with Gasteiger partial charge in [-0.25, -0.2) is 4.79 Å². The highest BCUT2D eigenvalue weighted by molar-refractivity contribution is 8.14. The second kappa shape index (κ2) is 4.10. The lowest BCUT2D eigenvalue weighted by molar-refractivity contribution is -0.135. The number of ether oxygens (including phenoxy) is 1. The van der Waals surface area contributed by atoms with Gasteiger partial charge < -0.3 is 10.5 Å². The highest BCUT2D eigenvalue weighted by atomic mass is 32.2. The molecular weight excluding hydrogens is 178 g/mol. The summed E-state index contributed by atoms with van der Waals surface area (Å²) in [5.74, 6) is 0.0231. The molecule has 0 aromatic carbocycles. The normalized spacial score (nSPS) is 16.4. The average molecular weight is 187 g/mol. The van der Waals surface area contributed by atoms with Gasteiger partial charge in [0, 0.05) is 0 Å². The molecule has 0 atom stereocenters. The maximum atomic E-state index is 11.0. The monoisotopic (exact) mass is 187 g/mol. The summed E-state index contributed by atoms with van der Waals surface area (Å²) in [6, 6.07) is 0. The summed E-state index contributed by atoms with van der Waals surface area (Å²) in [5, 5.41) is 7.55. The zero-order chi connectivity index (χ0) is 8.97. The maximum Gasteiger partial charge on any atom is 0.355 e. The van der Waals surface area contributed by atoms with Crippen molar-refractivity contribution in [2.24, 2.45) is 15.9 Å². The summed E-state index contributed by atoms with van der Waals surface area (Å²) in [5.41, 5.74) is 5.64. The summed E-state index contributed by atoms with van der Waals surface area (Å²) in [6.45, 7) is 2.09. The summed E-state index contributed by atoms with van der Waals surface area (Å²) in [6.07, 6.45) is 0. The fourth-order valence-electron chi connectivity index (χ4n) is 0.624. The summed E-state index contributed by atoms with van der Waals surface area (Å²) < 4.78 is 4.72. The lowest BCUT2D eigenvalue weighted by atomic mass is 10.4. The molecule has 0 unspecified atom stereocenters. The lowest BCUT2D eigenvalue weighted by Gasteiger charge is -2.07. The molecule has 66 valence electrons. The first-order valence-electron chi connectivity index (χ1n) is 3.44. The van der Waals surface area contributed by atoms with E-state index < -0.39 is 5.97 Å². The molecule has 0 saturated heterocycles. The Morgan fingerprint density at radius 3 is 3.00 bits per heavy atom. The SMILES string of the molecule is CCOC(=O)C1=NN=C(N)SC1. The Morgan fingerprint density at radius 2 is 2.50 bits per heavy atom. The van der Waals surface area contributed by atoms with E-state index in [1.807, 2.05) is 0 Å². The topological polar surface area (TPSA) is 77.0 Å². The molecule has 1 rings (SSSR count). The fraction of sp³-hybridized carbons (Fsp3) is 0.500. The van der Waals surface area contributed by atoms with Crippen molar-refractivity contribution in [3.63, 3.8) is 0 Å². The van der Waals surface area contributed by atoms with Gasteiger partial charge in [-0.05, 0) is 6.92 Å². The van der Waals surface area contributed by atoms with Gasteiger partial charge in [0.1, 0.15) is 0 Å². The highest BCUT2D eigenvalue weighted by Crippen LogP contribution is 2.07. The molecule has 0 aliphatic carbocycles. The molecule has 0 aromatic rings. The molecular formula is C6H9N3O2S. The number of nitrogens with two attached hydrogens (primary N) is 1. The van der Waals surface area contributed by atoms with E-state index in [1.54, 1.807) is 6.92 Å². The zero-order valence-corrected chi connectivity index (χ0v) is 7.43. The van der Waals surface area contributed by atoms with E-state index >= 15 is 0 Å². The van der Waals surface area contributed by atoms with Crippen molar-refractivity contribution in [3.05, 3.63) is 0 Å². The smallest absolute Gasteiger partial charge is 0.355 e. The second-order valence-electron chi connectivity index (χ2n) is 1.99. The molecule has 2 N–H and O–H groups in total. The maximum absolute atomic E-state index is 11.0. The highest BCUT2D eigenvalue weighted by Gasteiger charge is 2.16. The minimum Gasteiger partial charge on any atom is -0.461 e. The van der Waals surface area contributed by atoms with Crippen molar-refractivity contribution in [3.8, 4) is 0 Å². The van der Waals surface area contributed by atoms with Crippen molar-refractivity contribution in [1.82, 2.24) is 0 Å². The standard InChI is InChI=1S/C6H9N3O2S/c1-2-11-5(10)4-3-12-6(7)9-8-4/h2-3H2,1H3,(H2,7,9). The molecule has 0 saturated carbocycles. The first-order chi connectivity index (χ1) is 5.74. The van der Waals surface area contributed by atoms with Crippen molar-refractivity contribution in [1.29, 1.82) is 0 Å². The predicted molar refractivity (Wildman–Crippen MR) is 48.1 cm³/mol. The molecule has 1 aliphatic rings. The van der Waals surface area contributed by atoms with E-state index in [9.17, 15) is 4.79 Å². The van der Waals surface area contributed by atoms with Crippen LogP contribution in [0.5, 0.6) is 0 Å². The van der Waals surface area contributed by atoms with Crippen LogP contribution in [0.1, 0.15) is 6.92 Å². The molecule has 0 radical (unpaired) electrons. The Balaban J connectivity index is 2.59. The Bertz CT molecular complexity index is 249. The fourth-order valence-corrected chi connectivity index (χ4v) is 1.18. The molecule has 0 bridgehead atoms. The lowest BCUT2D eigenvalue weighted by Crippen LogP contribution is -2.24. The van der Waals surface area contributed by atoms with E-state index in [4.69, 9.17) is 10.5 Å². The van der Waals surface area contributed by atoms with E-state index in [-0.39, 0.29) is 0 Å². The molecule has 6 heteroatoms. The first-order valence-corrected chi connectivity index (χ1v) is 4.42. The number of thioether (sulfide) groups is 1. The van der Waals surface area contributed by atoms with Gasteiger partial charge in [-0.2, -0.15) is 0 Å². The van der Waals surface area contributed by atoms with Gasteiger partial charge >= 0.3 is 5.97 Å². The van der Waals surface area contributed by atoms with E-state index in [2.05, 4.69) is 10.2 Å². The predicted octanol–water partition coefficient (Wildman–Crippen LogP) is -0.0330. The Hall–Kier alpha value is -1.04. The minimum atomic E-state index is -0.416. The van der Waals surface area contributed by atoms with Crippen LogP contribution in [0.3, 0.4) is 0 Å². The number of amidine groups is 1. The van der Waals surface area contributed by atoms with Crippen LogP contribution in [0.2, 0.25) is 0 Å². The Kier molecular flexibility index (Phi) is 3.09. The number of esters is 1. The summed E-state index contributed by atoms with van der Waals surface area (Å²) >= 11 is 1.28. The van der Waals surface area contributed by atoms with Gasteiger partial charge in [0.05, 0.1) is 12.4 Å². The van der Waals surface area contributed by atoms with Crippen LogP contribution in [-0.4, -0.2) is 29.2 Å². The van der Waals surface area contributed by atoms with E-state index in [0.29, 0.717) is 23.2 Å². The van der Waals surface area contributed by atoms with Crippen LogP contribution in [0.25, 0.3) is 0 Å². The second-order valence-corrected chi connectivity index (χ2v) is 2.99. The molecule has 12 heavy (non-hydrogen) atoms. The van der Waals surface area contributed by atoms with Gasteiger partial charge in [-0.3, -0.25) is 0 Å². The summed E-state index contributed by atoms with van der Waals surface area (Å²) in [7, 11) is 0. The number of hydrogen-bond donors (Lipinski definition) is 1. The van der Waals surface area contributed by atoms with Crippen molar-refractivity contribution in [2.75, 3.05) is 12.4 Å². The van der Waals surface area contributed by atoms with Crippen LogP contribution in [0.15, 0.2) is 10.2 Å². The molecule has 0 aromatic heterocycles. The average Bonchev–Trinajstić information content (AvgIpc) is 2.06. The third kappa shape index (κ3) is 2.23. The third-order valence-electron chi connectivity index (χ3n) is 1.14. The van der Waals surface area contributed by atoms with E-state index in [0.717, 1.165) is 0 Å². The molecule has 0 fully saturated rings. The van der Waals surface area contributed by atoms with Gasteiger partial charge in [-0.15, -0.1) is 10.2 Å². The van der Waals surface area contributed by atoms with Crippen molar-refractivity contribution < 1.29 is 9.53 Å². The number of hydrogen-bond acceptors (Lipinski definition) is 6. The van der Waals surface area contributed by atoms with Crippen LogP contribution in [-0.2, 0) is 9.53 Å². The molecule has 1 heterocycles. The Labute approximate surface area is 74.1 Å². The summed E-state index contributed by atoms with van der Waals surface area (Å²) in [4.78, 5) is 11.0. The number of carbonyl (C=O) groups is 1. The minimum absolute atomic E-state index is 0.316. The Morgan fingerprint density at radius 1 is 1.75 bits per heavy atom. The van der Waals surface area contributed by atoms with E-state index in [1.165, 1.54) is 11.8 Å². The van der Waals surface area contributed by atoms with Gasteiger partial charge in [0.2, 0.25) is 0 Å². The third-order valence-corrected chi connectivity index (χ3v) is 1.93. The van der Waals surface area contributed by atoms with Crippen LogP contribution in [0, 0.1) is 0 Å². The number of rotatable bonds is 2.